The summed E-state index contributed by atoms with van der Waals surface area (Å²) in [5.41, 5.74) is 7.10. The third-order valence-electron chi connectivity index (χ3n) is 4.07. The highest BCUT2D eigenvalue weighted by Gasteiger charge is 2.39. The van der Waals surface area contributed by atoms with Gasteiger partial charge in [-0.15, -0.1) is 0 Å². The Kier molecular flexibility index (Phi) is 4.42. The van der Waals surface area contributed by atoms with E-state index in [0.29, 0.717) is 0 Å². The Labute approximate surface area is 139 Å². The normalized spacial score (nSPS) is 22.4. The first kappa shape index (κ1) is 16.4. The van der Waals surface area contributed by atoms with Crippen LogP contribution in [0.3, 0.4) is 0 Å². The molecule has 2 aromatic rings. The van der Waals surface area contributed by atoms with E-state index in [4.69, 9.17) is 17.3 Å². The van der Waals surface area contributed by atoms with Gasteiger partial charge in [0.05, 0.1) is 0 Å². The molecule has 0 radical (unpaired) electrons. The fourth-order valence-electron chi connectivity index (χ4n) is 2.86. The molecule has 1 heterocycles. The number of halogens is 2. The van der Waals surface area contributed by atoms with Gasteiger partial charge < -0.3 is 5.73 Å². The summed E-state index contributed by atoms with van der Waals surface area (Å²) in [4.78, 5) is -0.372. The summed E-state index contributed by atoms with van der Waals surface area (Å²) in [7, 11) is -3.94. The van der Waals surface area contributed by atoms with Crippen molar-refractivity contribution in [3.8, 4) is 0 Å². The number of nitrogens with two attached hydrogens (primary N) is 1. The van der Waals surface area contributed by atoms with Crippen LogP contribution in [-0.2, 0) is 10.0 Å². The molecule has 0 aromatic heterocycles. The van der Waals surface area contributed by atoms with Crippen molar-refractivity contribution in [1.29, 1.82) is 0 Å². The number of rotatable bonds is 3. The first-order chi connectivity index (χ1) is 10.9. The van der Waals surface area contributed by atoms with Crippen LogP contribution in [-0.4, -0.2) is 31.9 Å². The fourth-order valence-corrected chi connectivity index (χ4v) is 4.57. The zero-order chi connectivity index (χ0) is 16.6. The van der Waals surface area contributed by atoms with Crippen molar-refractivity contribution in [3.05, 3.63) is 64.9 Å². The minimum Gasteiger partial charge on any atom is -0.326 e. The summed E-state index contributed by atoms with van der Waals surface area (Å²) in [5.74, 6) is -0.962. The zero-order valence-corrected chi connectivity index (χ0v) is 13.8. The van der Waals surface area contributed by atoms with Crippen LogP contribution in [0.25, 0.3) is 0 Å². The van der Waals surface area contributed by atoms with E-state index in [1.54, 1.807) is 0 Å². The van der Waals surface area contributed by atoms with Gasteiger partial charge in [-0.2, -0.15) is 4.31 Å². The average Bonchev–Trinajstić information content (AvgIpc) is 2.90. The summed E-state index contributed by atoms with van der Waals surface area (Å²) in [6.45, 7) is 0.388. The van der Waals surface area contributed by atoms with E-state index in [2.05, 4.69) is 0 Å². The van der Waals surface area contributed by atoms with Gasteiger partial charge in [0.15, 0.2) is 0 Å². The van der Waals surface area contributed by atoms with E-state index >= 15 is 0 Å². The molecule has 0 bridgehead atoms. The van der Waals surface area contributed by atoms with Crippen molar-refractivity contribution >= 4 is 21.6 Å². The molecule has 122 valence electrons. The molecule has 0 unspecified atom stereocenters. The van der Waals surface area contributed by atoms with Crippen molar-refractivity contribution in [2.75, 3.05) is 13.1 Å². The van der Waals surface area contributed by atoms with Crippen LogP contribution in [0.4, 0.5) is 4.39 Å². The van der Waals surface area contributed by atoms with Gasteiger partial charge in [-0.05, 0) is 23.8 Å². The first-order valence-electron chi connectivity index (χ1n) is 7.15. The zero-order valence-electron chi connectivity index (χ0n) is 12.2. The molecule has 1 saturated heterocycles. The Morgan fingerprint density at radius 1 is 1.13 bits per heavy atom. The van der Waals surface area contributed by atoms with Crippen molar-refractivity contribution in [1.82, 2.24) is 4.31 Å². The van der Waals surface area contributed by atoms with Gasteiger partial charge in [-0.1, -0.05) is 41.9 Å². The lowest BCUT2D eigenvalue weighted by molar-refractivity contribution is 0.463. The Balaban J connectivity index is 1.90. The van der Waals surface area contributed by atoms with Gasteiger partial charge in [-0.3, -0.25) is 0 Å². The molecule has 1 fully saturated rings. The number of sulfonamides is 1. The minimum atomic E-state index is -3.94. The number of nitrogens with zero attached hydrogens (tertiary/aromatic N) is 1. The topological polar surface area (TPSA) is 63.4 Å². The molecular formula is C16H16ClFN2O2S. The van der Waals surface area contributed by atoms with Gasteiger partial charge in [-0.25, -0.2) is 12.8 Å². The maximum Gasteiger partial charge on any atom is 0.246 e. The Bertz CT molecular complexity index is 814. The molecular weight excluding hydrogens is 339 g/mol. The van der Waals surface area contributed by atoms with E-state index in [0.717, 1.165) is 11.6 Å². The molecule has 7 heteroatoms. The van der Waals surface area contributed by atoms with Crippen LogP contribution < -0.4 is 5.73 Å². The molecule has 23 heavy (non-hydrogen) atoms. The first-order valence-corrected chi connectivity index (χ1v) is 8.97. The average molecular weight is 355 g/mol. The number of benzene rings is 2. The van der Waals surface area contributed by atoms with E-state index in [1.807, 2.05) is 30.3 Å². The largest absolute Gasteiger partial charge is 0.326 e. The summed E-state index contributed by atoms with van der Waals surface area (Å²) < 4.78 is 40.6. The van der Waals surface area contributed by atoms with Crippen molar-refractivity contribution < 1.29 is 12.8 Å². The SMILES string of the molecule is N[C@@H]1CN(S(=O)(=O)c2ccc(Cl)cc2F)C[C@H]1c1ccccc1. The molecule has 0 amide bonds. The molecule has 0 aliphatic carbocycles. The standard InChI is InChI=1S/C16H16ClFN2O2S/c17-12-6-7-16(14(18)8-12)23(21,22)20-9-13(15(19)10-20)11-4-2-1-3-5-11/h1-8,13,15H,9-10,19H2/t13-,15+/m0/s1. The molecule has 0 spiro atoms. The Morgan fingerprint density at radius 3 is 2.48 bits per heavy atom. The fraction of sp³-hybridized carbons (Fsp3) is 0.250. The number of hydrogen-bond acceptors (Lipinski definition) is 3. The lowest BCUT2D eigenvalue weighted by atomic mass is 9.95. The van der Waals surface area contributed by atoms with Crippen LogP contribution in [0.5, 0.6) is 0 Å². The highest BCUT2D eigenvalue weighted by atomic mass is 35.5. The maximum absolute atomic E-state index is 14.0. The smallest absolute Gasteiger partial charge is 0.246 e. The second kappa shape index (κ2) is 6.20. The molecule has 3 rings (SSSR count). The molecule has 2 aromatic carbocycles. The van der Waals surface area contributed by atoms with E-state index in [9.17, 15) is 12.8 Å². The predicted molar refractivity (Wildman–Crippen MR) is 87.3 cm³/mol. The summed E-state index contributed by atoms with van der Waals surface area (Å²) in [5, 5.41) is 0.154. The summed E-state index contributed by atoms with van der Waals surface area (Å²) >= 11 is 5.68. The van der Waals surface area contributed by atoms with Crippen LogP contribution in [0.2, 0.25) is 5.02 Å². The second-order valence-corrected chi connectivity index (χ2v) is 7.92. The van der Waals surface area contributed by atoms with Crippen LogP contribution in [0.1, 0.15) is 11.5 Å². The molecule has 1 aliphatic rings. The monoisotopic (exact) mass is 354 g/mol. The van der Waals surface area contributed by atoms with E-state index in [1.165, 1.54) is 16.4 Å². The van der Waals surface area contributed by atoms with Gasteiger partial charge in [0.2, 0.25) is 10.0 Å². The maximum atomic E-state index is 14.0. The molecule has 0 saturated carbocycles. The predicted octanol–water partition coefficient (Wildman–Crippen LogP) is 2.59. The van der Waals surface area contributed by atoms with Gasteiger partial charge in [0.1, 0.15) is 10.7 Å². The van der Waals surface area contributed by atoms with E-state index in [-0.39, 0.29) is 35.0 Å². The third kappa shape index (κ3) is 3.12. The van der Waals surface area contributed by atoms with Crippen molar-refractivity contribution in [2.24, 2.45) is 5.73 Å². The van der Waals surface area contributed by atoms with Crippen molar-refractivity contribution in [2.45, 2.75) is 16.9 Å². The Morgan fingerprint density at radius 2 is 1.83 bits per heavy atom. The highest BCUT2D eigenvalue weighted by Crippen LogP contribution is 2.31. The van der Waals surface area contributed by atoms with Crippen molar-refractivity contribution in [3.63, 3.8) is 0 Å². The molecule has 2 atom stereocenters. The highest BCUT2D eigenvalue weighted by molar-refractivity contribution is 7.89. The minimum absolute atomic E-state index is 0.110. The van der Waals surface area contributed by atoms with Gasteiger partial charge in [0, 0.05) is 30.1 Å². The molecule has 2 N–H and O–H groups in total. The second-order valence-electron chi connectivity index (χ2n) is 5.58. The molecule has 4 nitrogen and oxygen atoms in total. The Hall–Kier alpha value is -1.47. The quantitative estimate of drug-likeness (QED) is 0.921. The summed E-state index contributed by atoms with van der Waals surface area (Å²) in [6, 6.07) is 12.7. The van der Waals surface area contributed by atoms with Crippen LogP contribution in [0, 0.1) is 5.82 Å². The lowest BCUT2D eigenvalue weighted by Gasteiger charge is -2.17. The van der Waals surface area contributed by atoms with E-state index < -0.39 is 15.8 Å². The lowest BCUT2D eigenvalue weighted by Crippen LogP contribution is -2.32. The summed E-state index contributed by atoms with van der Waals surface area (Å²) in [6.07, 6.45) is 0. The third-order valence-corrected chi connectivity index (χ3v) is 6.17. The van der Waals surface area contributed by atoms with Gasteiger partial charge >= 0.3 is 0 Å². The van der Waals surface area contributed by atoms with Gasteiger partial charge in [0.25, 0.3) is 0 Å². The van der Waals surface area contributed by atoms with Crippen LogP contribution >= 0.6 is 11.6 Å². The van der Waals surface area contributed by atoms with Crippen LogP contribution in [0.15, 0.2) is 53.4 Å². The number of hydrogen-bond donors (Lipinski definition) is 1. The molecule has 1 aliphatic heterocycles.